The first-order valence-electron chi connectivity index (χ1n) is 3.72. The van der Waals surface area contributed by atoms with Crippen molar-refractivity contribution in [2.24, 2.45) is 0 Å². The van der Waals surface area contributed by atoms with Crippen molar-refractivity contribution in [1.29, 1.82) is 5.26 Å². The summed E-state index contributed by atoms with van der Waals surface area (Å²) in [7, 11) is 1.36. The van der Waals surface area contributed by atoms with E-state index in [2.05, 4.69) is 15.9 Å². The van der Waals surface area contributed by atoms with Crippen LogP contribution in [0.2, 0.25) is 0 Å². The highest BCUT2D eigenvalue weighted by molar-refractivity contribution is 9.10. The zero-order chi connectivity index (χ0) is 10.7. The van der Waals surface area contributed by atoms with Crippen molar-refractivity contribution >= 4 is 15.9 Å². The van der Waals surface area contributed by atoms with Gasteiger partial charge in [-0.15, -0.1) is 0 Å². The summed E-state index contributed by atoms with van der Waals surface area (Å²) in [6.45, 7) is 0. The Labute approximate surface area is 88.9 Å². The summed E-state index contributed by atoms with van der Waals surface area (Å²) in [5.41, 5.74) is -0.0276. The number of benzene rings is 1. The number of phenols is 1. The fourth-order valence-electron chi connectivity index (χ4n) is 1.02. The maximum Gasteiger partial charge on any atom is 0.149 e. The van der Waals surface area contributed by atoms with Crippen molar-refractivity contribution in [2.75, 3.05) is 7.11 Å². The molecule has 0 aromatic heterocycles. The fourth-order valence-corrected chi connectivity index (χ4v) is 1.54. The number of aromatic hydroxyl groups is 1. The van der Waals surface area contributed by atoms with Gasteiger partial charge in [0, 0.05) is 11.6 Å². The van der Waals surface area contributed by atoms with Gasteiger partial charge in [-0.3, -0.25) is 0 Å². The van der Waals surface area contributed by atoms with Crippen molar-refractivity contribution in [1.82, 2.24) is 0 Å². The van der Waals surface area contributed by atoms with Crippen LogP contribution in [0.3, 0.4) is 0 Å². The summed E-state index contributed by atoms with van der Waals surface area (Å²) in [4.78, 5) is 0. The Bertz CT molecular complexity index is 401. The second-order valence-electron chi connectivity index (χ2n) is 2.54. The van der Waals surface area contributed by atoms with E-state index in [0.29, 0.717) is 0 Å². The summed E-state index contributed by atoms with van der Waals surface area (Å²) >= 11 is 2.97. The summed E-state index contributed by atoms with van der Waals surface area (Å²) in [6.07, 6.45) is -0.180. The Kier molecular flexibility index (Phi) is 3.31. The van der Waals surface area contributed by atoms with Crippen LogP contribution >= 0.6 is 15.9 Å². The highest BCUT2D eigenvalue weighted by atomic mass is 79.9. The zero-order valence-corrected chi connectivity index (χ0v) is 8.93. The molecular formula is C9H7BrFNO2. The van der Waals surface area contributed by atoms with Gasteiger partial charge in [-0.1, -0.05) is 0 Å². The summed E-state index contributed by atoms with van der Waals surface area (Å²) in [6, 6.07) is 3.03. The molecule has 0 unspecified atom stereocenters. The molecule has 0 aliphatic rings. The van der Waals surface area contributed by atoms with Gasteiger partial charge in [0.25, 0.3) is 0 Å². The molecule has 0 aliphatic heterocycles. The average molecular weight is 260 g/mol. The predicted molar refractivity (Wildman–Crippen MR) is 51.6 cm³/mol. The number of rotatable bonds is 2. The second-order valence-corrected chi connectivity index (χ2v) is 3.33. The molecule has 1 rings (SSSR count). The monoisotopic (exact) mass is 259 g/mol. The van der Waals surface area contributed by atoms with Gasteiger partial charge >= 0.3 is 0 Å². The minimum atomic E-state index is -0.664. The molecule has 0 atom stereocenters. The van der Waals surface area contributed by atoms with E-state index in [9.17, 15) is 9.50 Å². The van der Waals surface area contributed by atoms with Gasteiger partial charge in [0.2, 0.25) is 0 Å². The van der Waals surface area contributed by atoms with Gasteiger partial charge in [0.05, 0.1) is 24.1 Å². The maximum atomic E-state index is 13.5. The first-order chi connectivity index (χ1) is 6.61. The first kappa shape index (κ1) is 10.8. The number of halogens is 2. The van der Waals surface area contributed by atoms with E-state index in [0.717, 1.165) is 0 Å². The van der Waals surface area contributed by atoms with Gasteiger partial charge < -0.3 is 9.84 Å². The molecule has 0 heterocycles. The zero-order valence-electron chi connectivity index (χ0n) is 7.34. The van der Waals surface area contributed by atoms with E-state index < -0.39 is 5.82 Å². The van der Waals surface area contributed by atoms with Crippen molar-refractivity contribution in [3.8, 4) is 17.6 Å². The molecule has 74 valence electrons. The molecular weight excluding hydrogens is 253 g/mol. The van der Waals surface area contributed by atoms with Crippen LogP contribution in [0.1, 0.15) is 5.56 Å². The van der Waals surface area contributed by atoms with Crippen LogP contribution in [0.5, 0.6) is 11.5 Å². The Morgan fingerprint density at radius 3 is 2.86 bits per heavy atom. The Morgan fingerprint density at radius 2 is 2.36 bits per heavy atom. The molecule has 1 N–H and O–H groups in total. The van der Waals surface area contributed by atoms with Gasteiger partial charge in [0.1, 0.15) is 17.3 Å². The summed E-state index contributed by atoms with van der Waals surface area (Å²) in [5, 5.41) is 17.8. The molecule has 0 bridgehead atoms. The normalized spacial score (nSPS) is 9.57. The highest BCUT2D eigenvalue weighted by Gasteiger charge is 2.16. The predicted octanol–water partition coefficient (Wildman–Crippen LogP) is 2.37. The van der Waals surface area contributed by atoms with E-state index in [1.807, 2.05) is 0 Å². The third-order valence-electron chi connectivity index (χ3n) is 1.73. The average Bonchev–Trinajstić information content (AvgIpc) is 2.18. The lowest BCUT2D eigenvalue weighted by atomic mass is 10.1. The molecule has 0 spiro atoms. The van der Waals surface area contributed by atoms with E-state index in [4.69, 9.17) is 10.00 Å². The van der Waals surface area contributed by atoms with Crippen LogP contribution in [-0.4, -0.2) is 12.2 Å². The van der Waals surface area contributed by atoms with E-state index >= 15 is 0 Å². The van der Waals surface area contributed by atoms with Crippen molar-refractivity contribution in [2.45, 2.75) is 6.42 Å². The van der Waals surface area contributed by atoms with Crippen molar-refractivity contribution in [3.05, 3.63) is 21.9 Å². The number of nitrogens with zero attached hydrogens (tertiary/aromatic N) is 1. The minimum Gasteiger partial charge on any atom is -0.507 e. The molecule has 0 fully saturated rings. The molecule has 5 heteroatoms. The Balaban J connectivity index is 3.35. The standard InChI is InChI=1S/C9H7BrFNO2/c1-14-7-4-6(13)5(2-3-12)9(11)8(7)10/h4,13H,2H2,1H3. The quantitative estimate of drug-likeness (QED) is 0.888. The van der Waals surface area contributed by atoms with Crippen molar-refractivity contribution in [3.63, 3.8) is 0 Å². The van der Waals surface area contributed by atoms with Crippen LogP contribution in [0, 0.1) is 17.1 Å². The molecule has 1 aromatic rings. The number of nitriles is 1. The third-order valence-corrected chi connectivity index (χ3v) is 2.47. The van der Waals surface area contributed by atoms with E-state index in [1.54, 1.807) is 6.07 Å². The molecule has 0 amide bonds. The SMILES string of the molecule is COc1cc(O)c(CC#N)c(F)c1Br. The number of phenolic OH excluding ortho intramolecular Hbond substituents is 1. The Hall–Kier alpha value is -1.28. The molecule has 1 aromatic carbocycles. The highest BCUT2D eigenvalue weighted by Crippen LogP contribution is 2.35. The van der Waals surface area contributed by atoms with Crippen LogP contribution < -0.4 is 4.74 Å². The first-order valence-corrected chi connectivity index (χ1v) is 4.52. The topological polar surface area (TPSA) is 53.2 Å². The number of hydrogen-bond donors (Lipinski definition) is 1. The molecule has 3 nitrogen and oxygen atoms in total. The van der Waals surface area contributed by atoms with Gasteiger partial charge in [-0.25, -0.2) is 4.39 Å². The molecule has 0 saturated carbocycles. The lowest BCUT2D eigenvalue weighted by Crippen LogP contribution is -1.94. The lowest BCUT2D eigenvalue weighted by Gasteiger charge is -2.08. The molecule has 0 saturated heterocycles. The van der Waals surface area contributed by atoms with E-state index in [1.165, 1.54) is 13.2 Å². The third kappa shape index (κ3) is 1.80. The molecule has 0 radical (unpaired) electrons. The molecule has 0 aliphatic carbocycles. The van der Waals surface area contributed by atoms with Crippen molar-refractivity contribution < 1.29 is 14.2 Å². The van der Waals surface area contributed by atoms with Crippen LogP contribution in [-0.2, 0) is 6.42 Å². The van der Waals surface area contributed by atoms with E-state index in [-0.39, 0.29) is 28.0 Å². The molecule has 14 heavy (non-hydrogen) atoms. The summed E-state index contributed by atoms with van der Waals surface area (Å²) < 4.78 is 18.4. The second kappa shape index (κ2) is 4.29. The lowest BCUT2D eigenvalue weighted by molar-refractivity contribution is 0.396. The number of methoxy groups -OCH3 is 1. The number of hydrogen-bond acceptors (Lipinski definition) is 3. The van der Waals surface area contributed by atoms with Crippen LogP contribution in [0.4, 0.5) is 4.39 Å². The largest absolute Gasteiger partial charge is 0.507 e. The van der Waals surface area contributed by atoms with Gasteiger partial charge in [0.15, 0.2) is 0 Å². The van der Waals surface area contributed by atoms with Gasteiger partial charge in [-0.05, 0) is 15.9 Å². The van der Waals surface area contributed by atoms with Crippen LogP contribution in [0.25, 0.3) is 0 Å². The number of ether oxygens (including phenoxy) is 1. The minimum absolute atomic E-state index is 0.0276. The maximum absolute atomic E-state index is 13.5. The Morgan fingerprint density at radius 1 is 1.71 bits per heavy atom. The van der Waals surface area contributed by atoms with Crippen LogP contribution in [0.15, 0.2) is 10.5 Å². The smallest absolute Gasteiger partial charge is 0.149 e. The fraction of sp³-hybridized carbons (Fsp3) is 0.222. The summed E-state index contributed by atoms with van der Waals surface area (Å²) in [5.74, 6) is -0.741. The van der Waals surface area contributed by atoms with Gasteiger partial charge in [-0.2, -0.15) is 5.26 Å².